The van der Waals surface area contributed by atoms with Crippen LogP contribution in [0.2, 0.25) is 0 Å². The van der Waals surface area contributed by atoms with Gasteiger partial charge in [0.05, 0.1) is 12.2 Å². The minimum Gasteiger partial charge on any atom is -0.395 e. The van der Waals surface area contributed by atoms with E-state index in [9.17, 15) is 4.79 Å². The average molecular weight is 273 g/mol. The van der Waals surface area contributed by atoms with Crippen molar-refractivity contribution in [3.63, 3.8) is 0 Å². The van der Waals surface area contributed by atoms with Crippen molar-refractivity contribution in [2.75, 3.05) is 13.2 Å². The molecule has 1 atom stereocenters. The van der Waals surface area contributed by atoms with E-state index in [1.54, 1.807) is 0 Å². The number of hydrogen-bond acceptors (Lipinski definition) is 2. The topological polar surface area (TPSA) is 49.3 Å². The first kappa shape index (κ1) is 16.3. The summed E-state index contributed by atoms with van der Waals surface area (Å²) in [5, 5.41) is 11.7. The molecule has 0 aliphatic heterocycles. The number of aliphatic hydroxyl groups is 1. The van der Waals surface area contributed by atoms with Crippen molar-refractivity contribution >= 4 is 5.91 Å². The molecule has 0 radical (unpaired) electrons. The Balaban J connectivity index is 2.88. The zero-order chi connectivity index (χ0) is 15.0. The maximum absolute atomic E-state index is 12.2. The van der Waals surface area contributed by atoms with Gasteiger partial charge >= 0.3 is 0 Å². The Labute approximate surface area is 121 Å². The molecular weight excluding hydrogens is 250 g/mol. The summed E-state index contributed by atoms with van der Waals surface area (Å²) in [7, 11) is 0. The van der Waals surface area contributed by atoms with Crippen LogP contribution in [0.1, 0.15) is 48.2 Å². The zero-order valence-electron chi connectivity index (χ0n) is 12.5. The molecule has 108 valence electrons. The number of benzene rings is 1. The van der Waals surface area contributed by atoms with Crippen molar-refractivity contribution in [1.82, 2.24) is 5.32 Å². The molecule has 0 saturated carbocycles. The zero-order valence-corrected chi connectivity index (χ0v) is 12.5. The van der Waals surface area contributed by atoms with Gasteiger partial charge in [0.25, 0.3) is 5.91 Å². The normalized spacial score (nSPS) is 11.4. The summed E-state index contributed by atoms with van der Waals surface area (Å²) in [6.45, 7) is 6.89. The molecule has 0 bridgehead atoms. The highest BCUT2D eigenvalue weighted by atomic mass is 16.2. The van der Waals surface area contributed by atoms with Crippen LogP contribution in [0.5, 0.6) is 0 Å². The molecule has 1 amide bonds. The number of carbonyl (C=O) groups excluding carboxylic acids is 1. The fourth-order valence-electron chi connectivity index (χ4n) is 1.68. The molecule has 0 saturated heterocycles. The number of amides is 1. The highest BCUT2D eigenvalue weighted by Gasteiger charge is 2.11. The Morgan fingerprint density at radius 1 is 1.45 bits per heavy atom. The average Bonchev–Trinajstić information content (AvgIpc) is 2.44. The monoisotopic (exact) mass is 273 g/mol. The highest BCUT2D eigenvalue weighted by Crippen LogP contribution is 2.11. The molecule has 3 heteroatoms. The van der Waals surface area contributed by atoms with Gasteiger partial charge in [-0.05, 0) is 30.5 Å². The van der Waals surface area contributed by atoms with E-state index in [4.69, 9.17) is 5.11 Å². The van der Waals surface area contributed by atoms with Crippen molar-refractivity contribution < 1.29 is 9.90 Å². The fourth-order valence-corrected chi connectivity index (χ4v) is 1.68. The molecule has 0 fully saturated rings. The largest absolute Gasteiger partial charge is 0.395 e. The van der Waals surface area contributed by atoms with Crippen LogP contribution in [0.3, 0.4) is 0 Å². The molecule has 20 heavy (non-hydrogen) atoms. The third-order valence-corrected chi connectivity index (χ3v) is 3.19. The molecule has 1 aromatic rings. The van der Waals surface area contributed by atoms with Gasteiger partial charge in [0.2, 0.25) is 0 Å². The lowest BCUT2D eigenvalue weighted by molar-refractivity contribution is 0.0947. The van der Waals surface area contributed by atoms with Gasteiger partial charge in [0.15, 0.2) is 0 Å². The van der Waals surface area contributed by atoms with Gasteiger partial charge < -0.3 is 10.4 Å². The number of carbonyl (C=O) groups is 1. The van der Waals surface area contributed by atoms with E-state index in [2.05, 4.69) is 31.0 Å². The Morgan fingerprint density at radius 3 is 2.85 bits per heavy atom. The molecular formula is C17H23NO2. The van der Waals surface area contributed by atoms with Crippen molar-refractivity contribution in [3.05, 3.63) is 34.9 Å². The molecule has 3 nitrogen and oxygen atoms in total. The summed E-state index contributed by atoms with van der Waals surface area (Å²) in [6, 6.07) is 5.63. The van der Waals surface area contributed by atoms with E-state index < -0.39 is 0 Å². The predicted octanol–water partition coefficient (Wildman–Crippen LogP) is 2.50. The third-order valence-electron chi connectivity index (χ3n) is 3.19. The van der Waals surface area contributed by atoms with Crippen LogP contribution < -0.4 is 5.32 Å². The second-order valence-corrected chi connectivity index (χ2v) is 5.05. The Hall–Kier alpha value is -1.79. The van der Waals surface area contributed by atoms with Gasteiger partial charge in [0, 0.05) is 18.5 Å². The maximum Gasteiger partial charge on any atom is 0.252 e. The number of aliphatic hydroxyl groups excluding tert-OH is 1. The van der Waals surface area contributed by atoms with Crippen molar-refractivity contribution in [1.29, 1.82) is 0 Å². The first-order valence-electron chi connectivity index (χ1n) is 7.07. The Bertz CT molecular complexity index is 511. The second-order valence-electron chi connectivity index (χ2n) is 5.05. The summed E-state index contributed by atoms with van der Waals surface area (Å²) in [4.78, 5) is 12.2. The molecule has 1 aromatic carbocycles. The molecule has 1 unspecified atom stereocenters. The first-order chi connectivity index (χ1) is 9.58. The van der Waals surface area contributed by atoms with Crippen LogP contribution in [-0.4, -0.2) is 24.2 Å². The lowest BCUT2D eigenvalue weighted by Crippen LogP contribution is -2.28. The molecule has 0 spiro atoms. The third kappa shape index (κ3) is 5.07. The predicted molar refractivity (Wildman–Crippen MR) is 81.5 cm³/mol. The molecule has 0 aliphatic carbocycles. The van der Waals surface area contributed by atoms with Crippen LogP contribution in [0.15, 0.2) is 18.2 Å². The van der Waals surface area contributed by atoms with Crippen LogP contribution in [-0.2, 0) is 0 Å². The van der Waals surface area contributed by atoms with Gasteiger partial charge in [-0.25, -0.2) is 0 Å². The number of nitrogens with one attached hydrogen (secondary N) is 1. The van der Waals surface area contributed by atoms with Crippen LogP contribution in [0, 0.1) is 24.7 Å². The molecule has 2 N–H and O–H groups in total. The van der Waals surface area contributed by atoms with E-state index in [-0.39, 0.29) is 12.5 Å². The standard InChI is InChI=1S/C17H23NO2/c1-4-13(2)12-18-17(20)16-9-8-14(3)11-15(16)7-5-6-10-19/h8-9,11,13,19H,4,6,10,12H2,1-3H3,(H,18,20). The highest BCUT2D eigenvalue weighted by molar-refractivity contribution is 5.96. The van der Waals surface area contributed by atoms with Crippen molar-refractivity contribution in [2.24, 2.45) is 5.92 Å². The maximum atomic E-state index is 12.2. The number of rotatable bonds is 5. The quantitative estimate of drug-likeness (QED) is 0.810. The van der Waals surface area contributed by atoms with Gasteiger partial charge in [0.1, 0.15) is 0 Å². The Morgan fingerprint density at radius 2 is 2.20 bits per heavy atom. The van der Waals surface area contributed by atoms with Gasteiger partial charge in [-0.15, -0.1) is 0 Å². The van der Waals surface area contributed by atoms with Crippen LogP contribution in [0.4, 0.5) is 0 Å². The summed E-state index contributed by atoms with van der Waals surface area (Å²) >= 11 is 0. The van der Waals surface area contributed by atoms with Crippen LogP contribution >= 0.6 is 0 Å². The smallest absolute Gasteiger partial charge is 0.252 e. The van der Waals surface area contributed by atoms with Gasteiger partial charge in [-0.2, -0.15) is 0 Å². The summed E-state index contributed by atoms with van der Waals surface area (Å²) in [5.41, 5.74) is 2.39. The van der Waals surface area contributed by atoms with E-state index in [1.165, 1.54) is 0 Å². The van der Waals surface area contributed by atoms with Crippen LogP contribution in [0.25, 0.3) is 0 Å². The SMILES string of the molecule is CCC(C)CNC(=O)c1ccc(C)cc1C#CCCO. The second kappa shape index (κ2) is 8.39. The fraction of sp³-hybridized carbons (Fsp3) is 0.471. The van der Waals surface area contributed by atoms with Crippen molar-refractivity contribution in [2.45, 2.75) is 33.6 Å². The summed E-state index contributed by atoms with van der Waals surface area (Å²) < 4.78 is 0. The summed E-state index contributed by atoms with van der Waals surface area (Å²) in [5.74, 6) is 6.22. The number of hydrogen-bond donors (Lipinski definition) is 2. The van der Waals surface area contributed by atoms with Crippen molar-refractivity contribution in [3.8, 4) is 11.8 Å². The summed E-state index contributed by atoms with van der Waals surface area (Å²) in [6.07, 6.45) is 1.46. The number of aryl methyl sites for hydroxylation is 1. The Kier molecular flexibility index (Phi) is 6.83. The lowest BCUT2D eigenvalue weighted by Gasteiger charge is -2.11. The molecule has 1 rings (SSSR count). The van der Waals surface area contributed by atoms with Gasteiger partial charge in [-0.3, -0.25) is 4.79 Å². The van der Waals surface area contributed by atoms with E-state index in [1.807, 2.05) is 25.1 Å². The van der Waals surface area contributed by atoms with E-state index in [0.717, 1.165) is 17.5 Å². The molecule has 0 aliphatic rings. The minimum atomic E-state index is -0.0846. The van der Waals surface area contributed by atoms with E-state index >= 15 is 0 Å². The van der Waals surface area contributed by atoms with Gasteiger partial charge in [-0.1, -0.05) is 38.2 Å². The molecule has 0 aromatic heterocycles. The first-order valence-corrected chi connectivity index (χ1v) is 7.07. The minimum absolute atomic E-state index is 0.0361. The van der Waals surface area contributed by atoms with E-state index in [0.29, 0.717) is 24.4 Å². The lowest BCUT2D eigenvalue weighted by atomic mass is 10.0. The molecule has 0 heterocycles.